The van der Waals surface area contributed by atoms with E-state index in [1.807, 2.05) is 0 Å². The molecule has 2 aromatic rings. The number of likely N-dealkylation sites (tertiary alicyclic amines) is 1. The molecule has 18 heavy (non-hydrogen) atoms. The van der Waals surface area contributed by atoms with Crippen LogP contribution in [-0.4, -0.2) is 36.6 Å². The zero-order chi connectivity index (χ0) is 12.5. The van der Waals surface area contributed by atoms with Crippen LogP contribution in [0.5, 0.6) is 0 Å². The molecule has 3 nitrogen and oxygen atoms in total. The largest absolute Gasteiger partial charge is 0.361 e. The van der Waals surface area contributed by atoms with Crippen LogP contribution >= 0.6 is 11.3 Å². The van der Waals surface area contributed by atoms with Gasteiger partial charge in [0, 0.05) is 13.1 Å². The highest BCUT2D eigenvalue weighted by Gasteiger charge is 2.19. The Balaban J connectivity index is 1.67. The Hall–Kier alpha value is -1.13. The van der Waals surface area contributed by atoms with Crippen LogP contribution in [0.2, 0.25) is 0 Å². The average Bonchev–Trinajstić information content (AvgIpc) is 2.92. The normalized spacial score (nSPS) is 20.7. The number of benzene rings is 1. The number of rotatable bonds is 3. The second kappa shape index (κ2) is 4.86. The molecule has 1 atom stereocenters. The van der Waals surface area contributed by atoms with E-state index in [2.05, 4.69) is 47.4 Å². The quantitative estimate of drug-likeness (QED) is 0.920. The van der Waals surface area contributed by atoms with Crippen molar-refractivity contribution in [1.82, 2.24) is 9.88 Å². The molecule has 0 bridgehead atoms. The summed E-state index contributed by atoms with van der Waals surface area (Å²) in [4.78, 5) is 7.04. The van der Waals surface area contributed by atoms with Gasteiger partial charge in [-0.25, -0.2) is 4.98 Å². The van der Waals surface area contributed by atoms with Gasteiger partial charge in [0.05, 0.1) is 10.2 Å². The van der Waals surface area contributed by atoms with Crippen molar-refractivity contribution in [2.45, 2.75) is 13.3 Å². The second-order valence-corrected chi connectivity index (χ2v) is 6.32. The van der Waals surface area contributed by atoms with Crippen molar-refractivity contribution in [3.63, 3.8) is 0 Å². The molecule has 2 heterocycles. The Morgan fingerprint density at radius 2 is 2.39 bits per heavy atom. The molecule has 1 N–H and O–H groups in total. The number of anilines is 1. The Labute approximate surface area is 112 Å². The predicted octanol–water partition coefficient (Wildman–Crippen LogP) is 2.97. The summed E-state index contributed by atoms with van der Waals surface area (Å²) in [6.07, 6.45) is 1.30. The molecular weight excluding hydrogens is 242 g/mol. The summed E-state index contributed by atoms with van der Waals surface area (Å²) in [7, 11) is 2.19. The molecule has 0 amide bonds. The second-order valence-electron chi connectivity index (χ2n) is 5.29. The van der Waals surface area contributed by atoms with E-state index in [4.69, 9.17) is 0 Å². The van der Waals surface area contributed by atoms with E-state index in [0.717, 1.165) is 23.1 Å². The number of hydrogen-bond acceptors (Lipinski definition) is 4. The molecule has 4 heteroatoms. The van der Waals surface area contributed by atoms with Crippen molar-refractivity contribution >= 4 is 26.7 Å². The van der Waals surface area contributed by atoms with E-state index in [9.17, 15) is 0 Å². The van der Waals surface area contributed by atoms with Crippen molar-refractivity contribution in [1.29, 1.82) is 0 Å². The lowest BCUT2D eigenvalue weighted by atomic mass is 10.1. The van der Waals surface area contributed by atoms with Crippen LogP contribution in [0.25, 0.3) is 10.2 Å². The Morgan fingerprint density at radius 1 is 1.50 bits per heavy atom. The average molecular weight is 261 g/mol. The van der Waals surface area contributed by atoms with Gasteiger partial charge in [-0.3, -0.25) is 0 Å². The number of hydrogen-bond donors (Lipinski definition) is 1. The van der Waals surface area contributed by atoms with Gasteiger partial charge in [0.2, 0.25) is 0 Å². The van der Waals surface area contributed by atoms with E-state index in [0.29, 0.717) is 0 Å². The van der Waals surface area contributed by atoms with E-state index in [1.165, 1.54) is 29.8 Å². The van der Waals surface area contributed by atoms with Gasteiger partial charge in [0.1, 0.15) is 0 Å². The van der Waals surface area contributed by atoms with Gasteiger partial charge in [-0.05, 0) is 50.6 Å². The topological polar surface area (TPSA) is 28.2 Å². The molecule has 1 saturated heterocycles. The fourth-order valence-corrected chi connectivity index (χ4v) is 3.39. The van der Waals surface area contributed by atoms with Crippen molar-refractivity contribution in [3.8, 4) is 0 Å². The summed E-state index contributed by atoms with van der Waals surface area (Å²) in [6.45, 7) is 5.59. The van der Waals surface area contributed by atoms with Crippen molar-refractivity contribution in [2.75, 3.05) is 32.0 Å². The van der Waals surface area contributed by atoms with Crippen LogP contribution in [0.15, 0.2) is 18.2 Å². The maximum atomic E-state index is 4.65. The maximum Gasteiger partial charge on any atom is 0.183 e. The van der Waals surface area contributed by atoms with Gasteiger partial charge in [0.15, 0.2) is 5.13 Å². The summed E-state index contributed by atoms with van der Waals surface area (Å²) in [5, 5.41) is 4.56. The van der Waals surface area contributed by atoms with Gasteiger partial charge in [-0.1, -0.05) is 17.4 Å². The summed E-state index contributed by atoms with van der Waals surface area (Å²) < 4.78 is 1.27. The number of thiazole rings is 1. The van der Waals surface area contributed by atoms with Crippen LogP contribution in [0.3, 0.4) is 0 Å². The van der Waals surface area contributed by atoms with Gasteiger partial charge in [0.25, 0.3) is 0 Å². The van der Waals surface area contributed by atoms with E-state index < -0.39 is 0 Å². The summed E-state index contributed by atoms with van der Waals surface area (Å²) in [5.41, 5.74) is 2.39. The molecule has 1 aromatic heterocycles. The molecule has 1 aliphatic heterocycles. The molecule has 1 aliphatic rings. The minimum atomic E-state index is 0.767. The van der Waals surface area contributed by atoms with Crippen LogP contribution in [-0.2, 0) is 0 Å². The Kier molecular flexibility index (Phi) is 3.22. The third-order valence-corrected chi connectivity index (χ3v) is 4.57. The summed E-state index contributed by atoms with van der Waals surface area (Å²) in [5.74, 6) is 0.767. The SMILES string of the molecule is Cc1ccc2sc(NCC3CCN(C)C3)nc2c1. The fraction of sp³-hybridized carbons (Fsp3) is 0.500. The first kappa shape index (κ1) is 11.9. The molecule has 3 rings (SSSR count). The highest BCUT2D eigenvalue weighted by atomic mass is 32.1. The van der Waals surface area contributed by atoms with Crippen LogP contribution in [0.4, 0.5) is 5.13 Å². The first-order valence-corrected chi connectivity index (χ1v) is 7.32. The first-order valence-electron chi connectivity index (χ1n) is 6.50. The predicted molar refractivity (Wildman–Crippen MR) is 78.5 cm³/mol. The standard InChI is InChI=1S/C14H19N3S/c1-10-3-4-13-12(7-10)16-14(18-13)15-8-11-5-6-17(2)9-11/h3-4,7,11H,5-6,8-9H2,1-2H3,(H,15,16). The maximum absolute atomic E-state index is 4.65. The Bertz CT molecular complexity index is 549. The van der Waals surface area contributed by atoms with E-state index in [1.54, 1.807) is 11.3 Å². The molecule has 0 radical (unpaired) electrons. The number of fused-ring (bicyclic) bond motifs is 1. The molecule has 0 saturated carbocycles. The molecule has 0 aliphatic carbocycles. The molecule has 0 spiro atoms. The lowest BCUT2D eigenvalue weighted by Gasteiger charge is -2.10. The van der Waals surface area contributed by atoms with Crippen molar-refractivity contribution in [2.24, 2.45) is 5.92 Å². The van der Waals surface area contributed by atoms with Crippen molar-refractivity contribution < 1.29 is 0 Å². The molecular formula is C14H19N3S. The highest BCUT2D eigenvalue weighted by molar-refractivity contribution is 7.22. The first-order chi connectivity index (χ1) is 8.70. The summed E-state index contributed by atoms with van der Waals surface area (Å²) >= 11 is 1.75. The van der Waals surface area contributed by atoms with Gasteiger partial charge >= 0.3 is 0 Å². The smallest absolute Gasteiger partial charge is 0.183 e. The zero-order valence-corrected chi connectivity index (χ0v) is 11.8. The van der Waals surface area contributed by atoms with Crippen LogP contribution < -0.4 is 5.32 Å². The number of nitrogens with zero attached hydrogens (tertiary/aromatic N) is 2. The number of nitrogens with one attached hydrogen (secondary N) is 1. The van der Waals surface area contributed by atoms with Crippen LogP contribution in [0, 0.1) is 12.8 Å². The Morgan fingerprint density at radius 3 is 3.17 bits per heavy atom. The molecule has 1 fully saturated rings. The molecule has 1 aromatic carbocycles. The minimum Gasteiger partial charge on any atom is -0.361 e. The lowest BCUT2D eigenvalue weighted by molar-refractivity contribution is 0.399. The molecule has 96 valence electrons. The fourth-order valence-electron chi connectivity index (χ4n) is 2.54. The lowest BCUT2D eigenvalue weighted by Crippen LogP contribution is -2.19. The highest BCUT2D eigenvalue weighted by Crippen LogP contribution is 2.27. The minimum absolute atomic E-state index is 0.767. The number of aromatic nitrogens is 1. The van der Waals surface area contributed by atoms with E-state index in [-0.39, 0.29) is 0 Å². The van der Waals surface area contributed by atoms with Crippen LogP contribution in [0.1, 0.15) is 12.0 Å². The summed E-state index contributed by atoms with van der Waals surface area (Å²) in [6, 6.07) is 6.47. The van der Waals surface area contributed by atoms with Gasteiger partial charge < -0.3 is 10.2 Å². The number of aryl methyl sites for hydroxylation is 1. The monoisotopic (exact) mass is 261 g/mol. The van der Waals surface area contributed by atoms with E-state index >= 15 is 0 Å². The zero-order valence-electron chi connectivity index (χ0n) is 10.9. The third-order valence-electron chi connectivity index (χ3n) is 3.57. The van der Waals surface area contributed by atoms with Gasteiger partial charge in [-0.2, -0.15) is 0 Å². The third kappa shape index (κ3) is 2.49. The van der Waals surface area contributed by atoms with Gasteiger partial charge in [-0.15, -0.1) is 0 Å². The molecule has 1 unspecified atom stereocenters. The van der Waals surface area contributed by atoms with Crippen molar-refractivity contribution in [3.05, 3.63) is 23.8 Å².